The number of aryl methyl sites for hydroxylation is 2. The Morgan fingerprint density at radius 1 is 1.07 bits per heavy atom. The van der Waals surface area contributed by atoms with Crippen LogP contribution in [0.25, 0.3) is 17.1 Å². The summed E-state index contributed by atoms with van der Waals surface area (Å²) in [5.41, 5.74) is 4.63. The summed E-state index contributed by atoms with van der Waals surface area (Å²) in [4.78, 5) is 38.8. The van der Waals surface area contributed by atoms with E-state index in [1.807, 2.05) is 42.5 Å². The quantitative estimate of drug-likeness (QED) is 0.254. The Hall–Kier alpha value is -4.84. The van der Waals surface area contributed by atoms with E-state index in [1.54, 1.807) is 20.0 Å². The van der Waals surface area contributed by atoms with Gasteiger partial charge in [-0.3, -0.25) is 9.59 Å². The minimum absolute atomic E-state index is 0.0407. The second-order valence-electron chi connectivity index (χ2n) is 9.70. The Morgan fingerprint density at radius 2 is 1.80 bits per heavy atom. The van der Waals surface area contributed by atoms with Crippen LogP contribution in [0.4, 0.5) is 0 Å². The molecule has 0 aliphatic rings. The van der Waals surface area contributed by atoms with Crippen LogP contribution in [0.15, 0.2) is 65.7 Å². The van der Waals surface area contributed by atoms with E-state index < -0.39 is 0 Å². The molecule has 1 amide bonds. The number of unbranched alkanes of at least 4 members (excludes halogenated alkanes) is 1. The molecule has 4 rings (SSSR count). The normalized spacial score (nSPS) is 10.7. The first-order valence-electron chi connectivity index (χ1n) is 13.8. The van der Waals surface area contributed by atoms with Crippen molar-refractivity contribution in [3.8, 4) is 28.9 Å². The highest BCUT2D eigenvalue weighted by Crippen LogP contribution is 2.24. The molecule has 9 heteroatoms. The molecule has 0 aliphatic carbocycles. The van der Waals surface area contributed by atoms with Gasteiger partial charge in [0.05, 0.1) is 36.3 Å². The van der Waals surface area contributed by atoms with Gasteiger partial charge >= 0.3 is 0 Å². The number of nitrogens with zero attached hydrogens (tertiary/aromatic N) is 5. The van der Waals surface area contributed by atoms with Crippen molar-refractivity contribution in [2.24, 2.45) is 0 Å². The number of nitrogens with one attached hydrogen (secondary N) is 1. The SMILES string of the molecule is CCCCc1nc(C)n(-c2ncc(OCCCC(=O)NC)cn2)c(=O)c1Cc1ccc(-c2ccccc2C#N)cc1. The number of amides is 1. The lowest BCUT2D eigenvalue weighted by atomic mass is 9.97. The number of aromatic nitrogens is 4. The number of nitriles is 1. The molecular weight excluding hydrogens is 516 g/mol. The summed E-state index contributed by atoms with van der Waals surface area (Å²) in [5.74, 6) is 1.17. The molecule has 0 saturated carbocycles. The Morgan fingerprint density at radius 3 is 2.49 bits per heavy atom. The number of hydrogen-bond donors (Lipinski definition) is 1. The third kappa shape index (κ3) is 7.22. The molecule has 2 aromatic carbocycles. The van der Waals surface area contributed by atoms with E-state index in [4.69, 9.17) is 9.72 Å². The van der Waals surface area contributed by atoms with Crippen molar-refractivity contribution in [1.82, 2.24) is 24.8 Å². The summed E-state index contributed by atoms with van der Waals surface area (Å²) in [7, 11) is 1.60. The van der Waals surface area contributed by atoms with Crippen molar-refractivity contribution >= 4 is 5.91 Å². The maximum atomic E-state index is 13.9. The number of carbonyl (C=O) groups excluding carboxylic acids is 1. The van der Waals surface area contributed by atoms with Crippen LogP contribution < -0.4 is 15.6 Å². The highest BCUT2D eigenvalue weighted by Gasteiger charge is 2.18. The minimum Gasteiger partial charge on any atom is -0.490 e. The van der Waals surface area contributed by atoms with Crippen molar-refractivity contribution in [2.45, 2.75) is 52.4 Å². The first-order chi connectivity index (χ1) is 19.9. The lowest BCUT2D eigenvalue weighted by molar-refractivity contribution is -0.120. The second kappa shape index (κ2) is 14.0. The monoisotopic (exact) mass is 550 g/mol. The lowest BCUT2D eigenvalue weighted by Crippen LogP contribution is -2.29. The molecule has 2 heterocycles. The molecule has 9 nitrogen and oxygen atoms in total. The zero-order valence-corrected chi connectivity index (χ0v) is 23.7. The molecule has 0 saturated heterocycles. The van der Waals surface area contributed by atoms with Gasteiger partial charge in [-0.2, -0.15) is 5.26 Å². The molecule has 0 fully saturated rings. The topological polar surface area (TPSA) is 123 Å². The smallest absolute Gasteiger partial charge is 0.264 e. The van der Waals surface area contributed by atoms with Gasteiger partial charge in [0.2, 0.25) is 11.9 Å². The van der Waals surface area contributed by atoms with Crippen LogP contribution in [0.1, 0.15) is 60.8 Å². The molecule has 0 spiro atoms. The Bertz CT molecular complexity index is 1590. The molecule has 0 unspecified atom stereocenters. The number of ether oxygens (including phenoxy) is 1. The molecule has 41 heavy (non-hydrogen) atoms. The van der Waals surface area contributed by atoms with Crippen LogP contribution in [-0.2, 0) is 17.6 Å². The summed E-state index contributed by atoms with van der Waals surface area (Å²) in [6.45, 7) is 4.25. The van der Waals surface area contributed by atoms with Gasteiger partial charge in [-0.05, 0) is 48.9 Å². The van der Waals surface area contributed by atoms with Crippen molar-refractivity contribution in [3.05, 3.63) is 99.5 Å². The van der Waals surface area contributed by atoms with Crippen LogP contribution in [0.5, 0.6) is 5.75 Å². The van der Waals surface area contributed by atoms with Crippen molar-refractivity contribution in [2.75, 3.05) is 13.7 Å². The molecule has 0 radical (unpaired) electrons. The average molecular weight is 551 g/mol. The third-order valence-corrected chi connectivity index (χ3v) is 6.80. The molecule has 0 atom stereocenters. The van der Waals surface area contributed by atoms with Gasteiger partial charge in [0.1, 0.15) is 5.82 Å². The molecular formula is C32H34N6O3. The zero-order valence-electron chi connectivity index (χ0n) is 23.7. The molecule has 2 aromatic heterocycles. The Balaban J connectivity index is 1.60. The number of hydrogen-bond acceptors (Lipinski definition) is 7. The average Bonchev–Trinajstić information content (AvgIpc) is 3.00. The summed E-state index contributed by atoms with van der Waals surface area (Å²) in [6, 6.07) is 17.7. The summed E-state index contributed by atoms with van der Waals surface area (Å²) >= 11 is 0. The van der Waals surface area contributed by atoms with Crippen LogP contribution in [0.2, 0.25) is 0 Å². The predicted molar refractivity (Wildman–Crippen MR) is 157 cm³/mol. The van der Waals surface area contributed by atoms with Gasteiger partial charge in [-0.25, -0.2) is 19.5 Å². The highest BCUT2D eigenvalue weighted by atomic mass is 16.5. The highest BCUT2D eigenvalue weighted by molar-refractivity contribution is 5.75. The van der Waals surface area contributed by atoms with Crippen LogP contribution in [-0.4, -0.2) is 39.1 Å². The van der Waals surface area contributed by atoms with E-state index in [0.717, 1.165) is 35.2 Å². The predicted octanol–water partition coefficient (Wildman–Crippen LogP) is 4.71. The molecule has 1 N–H and O–H groups in total. The summed E-state index contributed by atoms with van der Waals surface area (Å²) in [5, 5.41) is 12.0. The van der Waals surface area contributed by atoms with E-state index in [-0.39, 0.29) is 17.4 Å². The fraction of sp³-hybridized carbons (Fsp3) is 0.312. The fourth-order valence-corrected chi connectivity index (χ4v) is 4.57. The standard InChI is InChI=1S/C32H34N6O3/c1-4-5-11-29-28(18-23-13-15-24(16-14-23)27-10-7-6-9-25(27)19-33)31(40)38(22(2)37-29)32-35-20-26(21-36-32)41-17-8-12-30(39)34-3/h6-7,9-10,13-16,20-21H,4-5,8,11-12,17-18H2,1-3H3,(H,34,39). The first kappa shape index (κ1) is 29.2. The Labute approximate surface area is 239 Å². The van der Waals surface area contributed by atoms with E-state index >= 15 is 0 Å². The van der Waals surface area contributed by atoms with Crippen molar-refractivity contribution < 1.29 is 9.53 Å². The fourth-order valence-electron chi connectivity index (χ4n) is 4.57. The van der Waals surface area contributed by atoms with Gasteiger partial charge in [-0.15, -0.1) is 0 Å². The van der Waals surface area contributed by atoms with E-state index in [0.29, 0.717) is 55.0 Å². The van der Waals surface area contributed by atoms with Crippen LogP contribution in [0, 0.1) is 18.3 Å². The Kier molecular flexibility index (Phi) is 9.94. The molecule has 210 valence electrons. The van der Waals surface area contributed by atoms with E-state index in [9.17, 15) is 14.9 Å². The van der Waals surface area contributed by atoms with Crippen LogP contribution >= 0.6 is 0 Å². The summed E-state index contributed by atoms with van der Waals surface area (Å²) in [6.07, 6.45) is 7.03. The molecule has 4 aromatic rings. The third-order valence-electron chi connectivity index (χ3n) is 6.80. The van der Waals surface area contributed by atoms with Gasteiger partial charge in [0.15, 0.2) is 5.75 Å². The summed E-state index contributed by atoms with van der Waals surface area (Å²) < 4.78 is 7.09. The molecule has 0 aliphatic heterocycles. The van der Waals surface area contributed by atoms with Gasteiger partial charge < -0.3 is 10.1 Å². The maximum absolute atomic E-state index is 13.9. The largest absolute Gasteiger partial charge is 0.490 e. The molecule has 0 bridgehead atoms. The number of benzene rings is 2. The van der Waals surface area contributed by atoms with Gasteiger partial charge in [-0.1, -0.05) is 55.8 Å². The van der Waals surface area contributed by atoms with Crippen molar-refractivity contribution in [1.29, 1.82) is 5.26 Å². The maximum Gasteiger partial charge on any atom is 0.264 e. The van der Waals surface area contributed by atoms with Crippen molar-refractivity contribution in [3.63, 3.8) is 0 Å². The van der Waals surface area contributed by atoms with Gasteiger partial charge in [0, 0.05) is 25.5 Å². The van der Waals surface area contributed by atoms with E-state index in [2.05, 4.69) is 28.3 Å². The zero-order chi connectivity index (χ0) is 29.2. The van der Waals surface area contributed by atoms with Crippen LogP contribution in [0.3, 0.4) is 0 Å². The minimum atomic E-state index is -0.193. The first-order valence-corrected chi connectivity index (χ1v) is 13.8. The number of carbonyl (C=O) groups is 1. The van der Waals surface area contributed by atoms with E-state index in [1.165, 1.54) is 17.0 Å². The second-order valence-corrected chi connectivity index (χ2v) is 9.70. The lowest BCUT2D eigenvalue weighted by Gasteiger charge is -2.15. The number of rotatable bonds is 12. The van der Waals surface area contributed by atoms with Gasteiger partial charge in [0.25, 0.3) is 5.56 Å².